The number of hydrogen-bond donors (Lipinski definition) is 3. The van der Waals surface area contributed by atoms with E-state index in [1.807, 2.05) is 0 Å². The molecule has 24 heavy (non-hydrogen) atoms. The second-order valence-corrected chi connectivity index (χ2v) is 6.84. The van der Waals surface area contributed by atoms with Crippen LogP contribution in [0, 0.1) is 12.8 Å². The molecule has 2 fully saturated rings. The summed E-state index contributed by atoms with van der Waals surface area (Å²) in [6.07, 6.45) is 3.28. The molecule has 2 saturated heterocycles. The van der Waals surface area contributed by atoms with Crippen molar-refractivity contribution in [1.29, 1.82) is 0 Å². The molecule has 6 nitrogen and oxygen atoms in total. The fourth-order valence-electron chi connectivity index (χ4n) is 3.57. The fourth-order valence-corrected chi connectivity index (χ4v) is 3.57. The number of hydrogen-bond acceptors (Lipinski definition) is 5. The standard InChI is InChI=1S/C18H26N2O4/c1-12-16(21)8-14(9-17(12)22)18(23)19-10-13-2-5-20(11-13)15-3-6-24-7-4-15/h8-9,13,15,21-22H,2-7,10-11H2,1H3,(H,19,23)/t13-/m1/s1. The molecule has 0 spiro atoms. The Morgan fingerprint density at radius 1 is 1.25 bits per heavy atom. The highest BCUT2D eigenvalue weighted by molar-refractivity contribution is 5.95. The molecule has 3 rings (SSSR count). The number of phenols is 2. The van der Waals surface area contributed by atoms with Crippen molar-refractivity contribution in [1.82, 2.24) is 10.2 Å². The Balaban J connectivity index is 1.50. The number of likely N-dealkylation sites (tertiary alicyclic amines) is 1. The Hall–Kier alpha value is -1.79. The lowest BCUT2D eigenvalue weighted by Gasteiger charge is -2.31. The number of nitrogens with zero attached hydrogens (tertiary/aromatic N) is 1. The first-order chi connectivity index (χ1) is 11.5. The van der Waals surface area contributed by atoms with E-state index in [0.717, 1.165) is 45.6 Å². The van der Waals surface area contributed by atoms with Crippen LogP contribution in [0.1, 0.15) is 35.2 Å². The molecule has 132 valence electrons. The zero-order valence-corrected chi connectivity index (χ0v) is 14.1. The largest absolute Gasteiger partial charge is 0.508 e. The molecule has 0 aromatic heterocycles. The highest BCUT2D eigenvalue weighted by Gasteiger charge is 2.29. The number of carbonyl (C=O) groups excluding carboxylic acids is 1. The molecule has 3 N–H and O–H groups in total. The molecular weight excluding hydrogens is 308 g/mol. The minimum Gasteiger partial charge on any atom is -0.508 e. The molecule has 0 saturated carbocycles. The van der Waals surface area contributed by atoms with Gasteiger partial charge in [-0.1, -0.05) is 0 Å². The maximum atomic E-state index is 12.2. The van der Waals surface area contributed by atoms with Crippen molar-refractivity contribution in [2.24, 2.45) is 5.92 Å². The van der Waals surface area contributed by atoms with Crippen molar-refractivity contribution in [2.75, 3.05) is 32.8 Å². The monoisotopic (exact) mass is 334 g/mol. The lowest BCUT2D eigenvalue weighted by molar-refractivity contribution is 0.0411. The van der Waals surface area contributed by atoms with Gasteiger partial charge >= 0.3 is 0 Å². The van der Waals surface area contributed by atoms with Crippen LogP contribution in [0.2, 0.25) is 0 Å². The Kier molecular flexibility index (Phi) is 5.26. The van der Waals surface area contributed by atoms with Crippen molar-refractivity contribution < 1.29 is 19.7 Å². The van der Waals surface area contributed by atoms with Gasteiger partial charge in [0, 0.05) is 43.5 Å². The lowest BCUT2D eigenvalue weighted by atomic mass is 10.1. The number of rotatable bonds is 4. The Labute approximate surface area is 142 Å². The minimum atomic E-state index is -0.259. The third kappa shape index (κ3) is 3.82. The summed E-state index contributed by atoms with van der Waals surface area (Å²) in [5.74, 6) is 0.0629. The number of phenolic OH excluding ortho intramolecular Hbond substituents is 2. The number of carbonyl (C=O) groups is 1. The van der Waals surface area contributed by atoms with Gasteiger partial charge in [-0.2, -0.15) is 0 Å². The van der Waals surface area contributed by atoms with Crippen molar-refractivity contribution in [3.05, 3.63) is 23.3 Å². The molecule has 0 aliphatic carbocycles. The van der Waals surface area contributed by atoms with Crippen LogP contribution in [0.15, 0.2) is 12.1 Å². The molecule has 6 heteroatoms. The quantitative estimate of drug-likeness (QED) is 0.780. The average molecular weight is 334 g/mol. The number of nitrogens with one attached hydrogen (secondary N) is 1. The van der Waals surface area contributed by atoms with Gasteiger partial charge in [0.15, 0.2) is 0 Å². The summed E-state index contributed by atoms with van der Waals surface area (Å²) in [6, 6.07) is 3.41. The fraction of sp³-hybridized carbons (Fsp3) is 0.611. The van der Waals surface area contributed by atoms with Gasteiger partial charge in [-0.05, 0) is 50.8 Å². The van der Waals surface area contributed by atoms with Crippen LogP contribution in [0.5, 0.6) is 11.5 Å². The molecule has 0 radical (unpaired) electrons. The third-order valence-electron chi connectivity index (χ3n) is 5.19. The number of ether oxygens (including phenoxy) is 1. The van der Waals surface area contributed by atoms with E-state index < -0.39 is 0 Å². The summed E-state index contributed by atoms with van der Waals surface area (Å²) >= 11 is 0. The normalized spacial score (nSPS) is 22.6. The van der Waals surface area contributed by atoms with Gasteiger partial charge in [0.05, 0.1) is 0 Å². The second-order valence-electron chi connectivity index (χ2n) is 6.84. The minimum absolute atomic E-state index is 0.0632. The van der Waals surface area contributed by atoms with Gasteiger partial charge in [0.1, 0.15) is 11.5 Å². The first kappa shape index (κ1) is 17.0. The molecule has 0 bridgehead atoms. The Bertz CT molecular complexity index is 576. The maximum Gasteiger partial charge on any atom is 0.251 e. The molecule has 0 unspecified atom stereocenters. The molecule has 1 aromatic rings. The van der Waals surface area contributed by atoms with E-state index in [1.165, 1.54) is 12.1 Å². The van der Waals surface area contributed by atoms with Crippen LogP contribution in [-0.4, -0.2) is 59.9 Å². The summed E-state index contributed by atoms with van der Waals surface area (Å²) in [4.78, 5) is 14.8. The first-order valence-corrected chi connectivity index (χ1v) is 8.67. The maximum absolute atomic E-state index is 12.2. The van der Waals surface area contributed by atoms with E-state index in [-0.39, 0.29) is 23.0 Å². The van der Waals surface area contributed by atoms with Gasteiger partial charge < -0.3 is 20.3 Å². The summed E-state index contributed by atoms with van der Waals surface area (Å²) in [6.45, 7) is 6.02. The third-order valence-corrected chi connectivity index (χ3v) is 5.19. The number of aromatic hydroxyl groups is 2. The van der Waals surface area contributed by atoms with Gasteiger partial charge in [0.2, 0.25) is 0 Å². The highest BCUT2D eigenvalue weighted by atomic mass is 16.5. The molecule has 1 atom stereocenters. The van der Waals surface area contributed by atoms with Gasteiger partial charge in [-0.25, -0.2) is 0 Å². The number of benzene rings is 1. The van der Waals surface area contributed by atoms with E-state index in [1.54, 1.807) is 6.92 Å². The van der Waals surface area contributed by atoms with E-state index in [0.29, 0.717) is 24.1 Å². The predicted molar refractivity (Wildman–Crippen MR) is 90.4 cm³/mol. The van der Waals surface area contributed by atoms with E-state index >= 15 is 0 Å². The Morgan fingerprint density at radius 2 is 1.92 bits per heavy atom. The SMILES string of the molecule is Cc1c(O)cc(C(=O)NC[C@H]2CCN(C3CCOCC3)C2)cc1O. The van der Waals surface area contributed by atoms with Crippen LogP contribution in [0.3, 0.4) is 0 Å². The summed E-state index contributed by atoms with van der Waals surface area (Å²) in [5, 5.41) is 22.4. The zero-order valence-electron chi connectivity index (χ0n) is 14.1. The van der Waals surface area contributed by atoms with Crippen molar-refractivity contribution in [3.63, 3.8) is 0 Å². The van der Waals surface area contributed by atoms with Gasteiger partial charge in [-0.3, -0.25) is 9.69 Å². The lowest BCUT2D eigenvalue weighted by Crippen LogP contribution is -2.38. The van der Waals surface area contributed by atoms with Gasteiger partial charge in [0.25, 0.3) is 5.91 Å². The van der Waals surface area contributed by atoms with Crippen LogP contribution >= 0.6 is 0 Å². The van der Waals surface area contributed by atoms with Crippen LogP contribution in [0.4, 0.5) is 0 Å². The van der Waals surface area contributed by atoms with E-state index in [4.69, 9.17) is 4.74 Å². The molecule has 2 heterocycles. The summed E-state index contributed by atoms with van der Waals surface area (Å²) in [5.41, 5.74) is 0.671. The van der Waals surface area contributed by atoms with Crippen LogP contribution in [0.25, 0.3) is 0 Å². The number of amides is 1. The summed E-state index contributed by atoms with van der Waals surface area (Å²) < 4.78 is 5.42. The topological polar surface area (TPSA) is 82.0 Å². The molecule has 1 aromatic carbocycles. The molecular formula is C18H26N2O4. The van der Waals surface area contributed by atoms with Crippen molar-refractivity contribution in [2.45, 2.75) is 32.2 Å². The highest BCUT2D eigenvalue weighted by Crippen LogP contribution is 2.28. The predicted octanol–water partition coefficient (Wildman–Crippen LogP) is 1.64. The van der Waals surface area contributed by atoms with E-state index in [9.17, 15) is 15.0 Å². The first-order valence-electron chi connectivity index (χ1n) is 8.67. The van der Waals surface area contributed by atoms with Crippen LogP contribution < -0.4 is 5.32 Å². The second kappa shape index (κ2) is 7.40. The van der Waals surface area contributed by atoms with E-state index in [2.05, 4.69) is 10.2 Å². The van der Waals surface area contributed by atoms with Crippen molar-refractivity contribution in [3.8, 4) is 11.5 Å². The molecule has 2 aliphatic heterocycles. The Morgan fingerprint density at radius 3 is 2.58 bits per heavy atom. The van der Waals surface area contributed by atoms with Gasteiger partial charge in [-0.15, -0.1) is 0 Å². The van der Waals surface area contributed by atoms with Crippen LogP contribution in [-0.2, 0) is 4.74 Å². The zero-order chi connectivity index (χ0) is 17.1. The molecule has 1 amide bonds. The van der Waals surface area contributed by atoms with Crippen molar-refractivity contribution >= 4 is 5.91 Å². The average Bonchev–Trinajstić information content (AvgIpc) is 3.07. The summed E-state index contributed by atoms with van der Waals surface area (Å²) in [7, 11) is 0. The molecule has 2 aliphatic rings. The smallest absolute Gasteiger partial charge is 0.251 e.